The second-order valence-corrected chi connectivity index (χ2v) is 9.57. The topological polar surface area (TPSA) is 129 Å². The molecule has 1 saturated carbocycles. The highest BCUT2D eigenvalue weighted by molar-refractivity contribution is 6.22. The molecule has 2 aromatic carbocycles. The quantitative estimate of drug-likeness (QED) is 0.449. The normalized spacial score (nSPS) is 23.5. The number of Topliss-reactive ketones (excluding diaryl/α,β-unsaturated/α-hetero) is 4. The Morgan fingerprint density at radius 2 is 1.69 bits per heavy atom. The van der Waals surface area contributed by atoms with Gasteiger partial charge in [-0.15, -0.1) is 0 Å². The summed E-state index contributed by atoms with van der Waals surface area (Å²) in [7, 11) is 0. The fourth-order valence-corrected chi connectivity index (χ4v) is 5.93. The highest BCUT2D eigenvalue weighted by Crippen LogP contribution is 2.51. The van der Waals surface area contributed by atoms with Crippen molar-refractivity contribution in [2.45, 2.75) is 33.1 Å². The molecule has 2 aromatic rings. The molecule has 0 amide bonds. The second-order valence-electron chi connectivity index (χ2n) is 9.57. The van der Waals surface area contributed by atoms with Crippen LogP contribution in [0.3, 0.4) is 0 Å². The van der Waals surface area contributed by atoms with Gasteiger partial charge in [-0.1, -0.05) is 24.3 Å². The van der Waals surface area contributed by atoms with E-state index in [1.165, 1.54) is 19.9 Å². The van der Waals surface area contributed by atoms with Gasteiger partial charge in [-0.3, -0.25) is 19.2 Å². The van der Waals surface area contributed by atoms with Crippen molar-refractivity contribution in [1.82, 2.24) is 0 Å². The lowest BCUT2D eigenvalue weighted by Gasteiger charge is -2.41. The number of carbonyl (C=O) groups excluding carboxylic acids is 4. The van der Waals surface area contributed by atoms with E-state index in [1.807, 2.05) is 6.07 Å². The first-order valence-electron chi connectivity index (χ1n) is 11.5. The highest BCUT2D eigenvalue weighted by atomic mass is 16.3. The Hall–Kier alpha value is -4.00. The largest absolute Gasteiger partial charge is 0.511 e. The van der Waals surface area contributed by atoms with Gasteiger partial charge in [0, 0.05) is 17.6 Å². The second kappa shape index (κ2) is 8.05. The number of carbonyl (C=O) groups is 4. The first-order chi connectivity index (χ1) is 16.6. The fraction of sp³-hybridized carbons (Fsp3) is 0.286. The number of ketones is 4. The van der Waals surface area contributed by atoms with Crippen molar-refractivity contribution < 1.29 is 34.5 Å². The van der Waals surface area contributed by atoms with Crippen molar-refractivity contribution in [2.75, 3.05) is 0 Å². The monoisotopic (exact) mass is 472 g/mol. The molecule has 3 N–H and O–H groups in total. The molecule has 0 aromatic heterocycles. The van der Waals surface area contributed by atoms with Gasteiger partial charge in [0.2, 0.25) is 0 Å². The lowest BCUT2D eigenvalue weighted by molar-refractivity contribution is -0.127. The Morgan fingerprint density at radius 3 is 2.37 bits per heavy atom. The first kappa shape index (κ1) is 22.8. The molecule has 0 aliphatic heterocycles. The van der Waals surface area contributed by atoms with Crippen LogP contribution in [-0.2, 0) is 20.8 Å². The van der Waals surface area contributed by atoms with Crippen molar-refractivity contribution in [3.63, 3.8) is 0 Å². The molecule has 0 saturated heterocycles. The number of aliphatic hydroxyl groups excluding tert-OH is 2. The summed E-state index contributed by atoms with van der Waals surface area (Å²) >= 11 is 0. The minimum atomic E-state index is -1.07. The minimum Gasteiger partial charge on any atom is -0.511 e. The molecule has 1 fully saturated rings. The van der Waals surface area contributed by atoms with Crippen molar-refractivity contribution in [3.05, 3.63) is 70.0 Å². The molecule has 178 valence electrons. The predicted molar refractivity (Wildman–Crippen MR) is 127 cm³/mol. The Labute approximate surface area is 201 Å². The molecule has 35 heavy (non-hydrogen) atoms. The molecular formula is C28H24O7. The zero-order chi connectivity index (χ0) is 25.2. The number of hydrogen-bond acceptors (Lipinski definition) is 7. The third kappa shape index (κ3) is 3.41. The number of phenolic OH excluding ortho intramolecular Hbond substituents is 1. The van der Waals surface area contributed by atoms with E-state index in [0.717, 1.165) is 11.1 Å². The smallest absolute Gasteiger partial charge is 0.173 e. The highest BCUT2D eigenvalue weighted by Gasteiger charge is 2.50. The van der Waals surface area contributed by atoms with E-state index in [2.05, 4.69) is 0 Å². The van der Waals surface area contributed by atoms with Gasteiger partial charge in [0.15, 0.2) is 23.1 Å². The molecule has 3 aliphatic carbocycles. The van der Waals surface area contributed by atoms with Crippen LogP contribution in [-0.4, -0.2) is 38.5 Å². The van der Waals surface area contributed by atoms with E-state index < -0.39 is 40.9 Å². The Morgan fingerprint density at radius 1 is 0.943 bits per heavy atom. The van der Waals surface area contributed by atoms with Crippen LogP contribution in [0, 0.1) is 17.8 Å². The Kier molecular flexibility index (Phi) is 5.24. The van der Waals surface area contributed by atoms with Gasteiger partial charge in [-0.2, -0.15) is 0 Å². The Balaban J connectivity index is 1.67. The summed E-state index contributed by atoms with van der Waals surface area (Å²) in [6, 6.07) is 10.2. The van der Waals surface area contributed by atoms with E-state index in [0.29, 0.717) is 24.0 Å². The maximum absolute atomic E-state index is 13.5. The number of aliphatic hydroxyl groups is 2. The van der Waals surface area contributed by atoms with Crippen LogP contribution in [0.15, 0.2) is 53.3 Å². The standard InChI is InChI=1S/C28H24O7/c1-12(29)14-4-3-5-15(8-14)18-6-7-20(31)25-19(18)10-16-9-17-11-21(32)22(13(2)30)26(33)24(17)27(34)23(16)28(25)35/h3-8,16-17,24,31,33,35H,9-11H2,1-2H3. The van der Waals surface area contributed by atoms with Crippen LogP contribution in [0.5, 0.6) is 5.75 Å². The van der Waals surface area contributed by atoms with Crippen LogP contribution in [0.1, 0.15) is 48.2 Å². The molecule has 0 spiro atoms. The average Bonchev–Trinajstić information content (AvgIpc) is 2.78. The minimum absolute atomic E-state index is 0.0274. The third-order valence-corrected chi connectivity index (χ3v) is 7.46. The van der Waals surface area contributed by atoms with Gasteiger partial charge < -0.3 is 15.3 Å². The molecule has 7 nitrogen and oxygen atoms in total. The summed E-state index contributed by atoms with van der Waals surface area (Å²) in [6.45, 7) is 2.65. The van der Waals surface area contributed by atoms with E-state index in [9.17, 15) is 34.5 Å². The predicted octanol–water partition coefficient (Wildman–Crippen LogP) is 4.28. The van der Waals surface area contributed by atoms with Crippen molar-refractivity contribution in [2.24, 2.45) is 17.8 Å². The zero-order valence-corrected chi connectivity index (χ0v) is 19.3. The Bertz CT molecular complexity index is 1410. The summed E-state index contributed by atoms with van der Waals surface area (Å²) in [6.07, 6.45) is 0.662. The summed E-state index contributed by atoms with van der Waals surface area (Å²) in [4.78, 5) is 49.9. The summed E-state index contributed by atoms with van der Waals surface area (Å²) in [5.41, 5.74) is 2.55. The number of fused-ring (bicyclic) bond motifs is 3. The van der Waals surface area contributed by atoms with E-state index in [1.54, 1.807) is 24.3 Å². The van der Waals surface area contributed by atoms with Crippen molar-refractivity contribution in [3.8, 4) is 16.9 Å². The number of rotatable bonds is 3. The number of aromatic hydroxyl groups is 1. The van der Waals surface area contributed by atoms with Crippen LogP contribution < -0.4 is 0 Å². The maximum atomic E-state index is 13.5. The molecule has 0 heterocycles. The number of phenols is 1. The maximum Gasteiger partial charge on any atom is 0.173 e. The first-order valence-corrected chi connectivity index (χ1v) is 11.5. The van der Waals surface area contributed by atoms with Crippen LogP contribution in [0.25, 0.3) is 16.9 Å². The number of benzene rings is 2. The van der Waals surface area contributed by atoms with Crippen LogP contribution in [0.4, 0.5) is 0 Å². The van der Waals surface area contributed by atoms with Crippen LogP contribution in [0.2, 0.25) is 0 Å². The SMILES string of the molecule is CC(=O)C1=C(O)C2C(=O)C3=C(O)c4c(O)ccc(-c5cccc(C(C)=O)c5)c4CC3CC2CC1=O. The van der Waals surface area contributed by atoms with Crippen molar-refractivity contribution >= 4 is 28.9 Å². The molecule has 3 atom stereocenters. The fourth-order valence-electron chi connectivity index (χ4n) is 5.93. The molecule has 3 unspecified atom stereocenters. The van der Waals surface area contributed by atoms with Gasteiger partial charge in [-0.05, 0) is 67.3 Å². The van der Waals surface area contributed by atoms with Gasteiger partial charge in [0.05, 0.1) is 17.1 Å². The molecule has 5 rings (SSSR count). The van der Waals surface area contributed by atoms with Gasteiger partial charge >= 0.3 is 0 Å². The third-order valence-electron chi connectivity index (χ3n) is 7.46. The zero-order valence-electron chi connectivity index (χ0n) is 19.3. The number of hydrogen-bond donors (Lipinski definition) is 3. The average molecular weight is 472 g/mol. The van der Waals surface area contributed by atoms with Crippen LogP contribution >= 0.6 is 0 Å². The lowest BCUT2D eigenvalue weighted by Crippen LogP contribution is -2.43. The van der Waals surface area contributed by atoms with E-state index in [4.69, 9.17) is 0 Å². The van der Waals surface area contributed by atoms with Gasteiger partial charge in [0.25, 0.3) is 0 Å². The summed E-state index contributed by atoms with van der Waals surface area (Å²) in [5.74, 6) is -4.72. The number of allylic oxidation sites excluding steroid dienone is 3. The molecule has 0 bridgehead atoms. The van der Waals surface area contributed by atoms with Crippen molar-refractivity contribution in [1.29, 1.82) is 0 Å². The van der Waals surface area contributed by atoms with E-state index in [-0.39, 0.29) is 40.4 Å². The lowest BCUT2D eigenvalue weighted by atomic mass is 9.61. The molecular weight excluding hydrogens is 448 g/mol. The van der Waals surface area contributed by atoms with Gasteiger partial charge in [0.1, 0.15) is 17.3 Å². The molecule has 0 radical (unpaired) electrons. The molecule has 3 aliphatic rings. The van der Waals surface area contributed by atoms with Gasteiger partial charge in [-0.25, -0.2) is 0 Å². The van der Waals surface area contributed by atoms with E-state index >= 15 is 0 Å². The summed E-state index contributed by atoms with van der Waals surface area (Å²) in [5, 5.41) is 32.6. The summed E-state index contributed by atoms with van der Waals surface area (Å²) < 4.78 is 0. The molecule has 7 heteroatoms.